The fourth-order valence-electron chi connectivity index (χ4n) is 2.12. The van der Waals surface area contributed by atoms with E-state index < -0.39 is 16.1 Å². The minimum Gasteiger partial charge on any atom is -0.450 e. The largest absolute Gasteiger partial charge is 0.450 e. The maximum Gasteiger partial charge on any atom is 0.245 e. The number of hydrogen-bond acceptors (Lipinski definition) is 6. The summed E-state index contributed by atoms with van der Waals surface area (Å²) in [6.07, 6.45) is 0. The Morgan fingerprint density at radius 3 is 2.62 bits per heavy atom. The highest BCUT2D eigenvalue weighted by Gasteiger charge is 2.27. The van der Waals surface area contributed by atoms with Crippen LogP contribution in [0.5, 0.6) is 0 Å². The van der Waals surface area contributed by atoms with E-state index in [2.05, 4.69) is 25.8 Å². The molecule has 116 valence electrons. The van der Waals surface area contributed by atoms with E-state index in [4.69, 9.17) is 14.0 Å². The highest BCUT2D eigenvalue weighted by Crippen LogP contribution is 2.28. The lowest BCUT2D eigenvalue weighted by atomic mass is 10.1. The summed E-state index contributed by atoms with van der Waals surface area (Å²) < 4.78 is 37.5. The molecule has 2 heterocycles. The van der Waals surface area contributed by atoms with Crippen molar-refractivity contribution in [1.82, 2.24) is 9.88 Å². The van der Waals surface area contributed by atoms with Crippen LogP contribution in [0.15, 0.2) is 24.6 Å². The van der Waals surface area contributed by atoms with Crippen molar-refractivity contribution in [2.24, 2.45) is 0 Å². The molecule has 1 atom stereocenters. The van der Waals surface area contributed by atoms with Crippen LogP contribution < -0.4 is 4.72 Å². The summed E-state index contributed by atoms with van der Waals surface area (Å²) in [6, 6.07) is 0.757. The molecule has 0 saturated carbocycles. The second-order valence-corrected chi connectivity index (χ2v) is 6.99. The fourth-order valence-corrected chi connectivity index (χ4v) is 4.33. The second kappa shape index (κ2) is 5.91. The minimum atomic E-state index is -3.81. The van der Waals surface area contributed by atoms with Crippen molar-refractivity contribution in [1.29, 1.82) is 0 Å². The first-order valence-electron chi connectivity index (χ1n) is 6.10. The summed E-state index contributed by atoms with van der Waals surface area (Å²) in [6.45, 7) is 4.78. The second-order valence-electron chi connectivity index (χ2n) is 4.59. The zero-order valence-corrected chi connectivity index (χ0v) is 14.1. The predicted octanol–water partition coefficient (Wildman–Crippen LogP) is 2.18. The molecule has 0 aliphatic heterocycles. The summed E-state index contributed by atoms with van der Waals surface area (Å²) in [5.74, 6) is 0.720. The number of rotatable bonds is 5. The van der Waals surface area contributed by atoms with E-state index in [9.17, 15) is 8.42 Å². The lowest BCUT2D eigenvalue weighted by Crippen LogP contribution is -2.27. The van der Waals surface area contributed by atoms with Gasteiger partial charge in [0.25, 0.3) is 0 Å². The van der Waals surface area contributed by atoms with Crippen LogP contribution in [0.1, 0.15) is 35.7 Å². The molecule has 2 rings (SSSR count). The molecule has 0 amide bonds. The van der Waals surface area contributed by atoms with Gasteiger partial charge in [0.1, 0.15) is 23.0 Å². The number of hydrogen-bond donors (Lipinski definition) is 2. The van der Waals surface area contributed by atoms with Crippen molar-refractivity contribution in [3.8, 4) is 0 Å². The molecule has 0 spiro atoms. The number of furan rings is 1. The summed E-state index contributed by atoms with van der Waals surface area (Å²) in [7, 11) is -3.81. The van der Waals surface area contributed by atoms with Crippen LogP contribution in [0.3, 0.4) is 0 Å². The monoisotopic (exact) mass is 378 g/mol. The van der Waals surface area contributed by atoms with Gasteiger partial charge in [0.15, 0.2) is 4.67 Å². The summed E-state index contributed by atoms with van der Waals surface area (Å²) >= 11 is 3.03. The first-order chi connectivity index (χ1) is 9.76. The van der Waals surface area contributed by atoms with Crippen LogP contribution in [0, 0.1) is 13.8 Å². The van der Waals surface area contributed by atoms with Crippen LogP contribution in [0.25, 0.3) is 0 Å². The van der Waals surface area contributed by atoms with E-state index in [0.29, 0.717) is 17.0 Å². The average Bonchev–Trinajstić information content (AvgIpc) is 2.92. The van der Waals surface area contributed by atoms with Crippen molar-refractivity contribution < 1.29 is 22.5 Å². The molecule has 0 radical (unpaired) electrons. The van der Waals surface area contributed by atoms with Crippen molar-refractivity contribution >= 4 is 26.0 Å². The van der Waals surface area contributed by atoms with Crippen molar-refractivity contribution in [2.45, 2.75) is 38.3 Å². The first kappa shape index (κ1) is 16.2. The number of aliphatic hydroxyl groups is 1. The molecular weight excluding hydrogens is 364 g/mol. The molecule has 0 aliphatic rings. The number of nitrogens with zero attached hydrogens (tertiary/aromatic N) is 1. The number of halogens is 1. The topological polar surface area (TPSA) is 106 Å². The van der Waals surface area contributed by atoms with E-state index in [1.165, 1.54) is 6.07 Å². The van der Waals surface area contributed by atoms with Crippen LogP contribution >= 0.6 is 15.9 Å². The SMILES string of the molecule is Cc1noc(C)c1C(C)NS(=O)(=O)c1cc(CO)oc1Br. The molecule has 0 bridgehead atoms. The minimum absolute atomic E-state index is 0.0463. The molecule has 2 N–H and O–H groups in total. The fraction of sp³-hybridized carbons (Fsp3) is 0.417. The Kier molecular flexibility index (Phi) is 4.57. The maximum absolute atomic E-state index is 12.4. The van der Waals surface area contributed by atoms with E-state index in [1.54, 1.807) is 20.8 Å². The van der Waals surface area contributed by atoms with E-state index in [-0.39, 0.29) is 21.9 Å². The Hall–Kier alpha value is -1.16. The molecule has 0 aliphatic carbocycles. The summed E-state index contributed by atoms with van der Waals surface area (Å²) in [4.78, 5) is -0.0647. The van der Waals surface area contributed by atoms with E-state index in [1.807, 2.05) is 0 Å². The van der Waals surface area contributed by atoms with Crippen LogP contribution in [-0.2, 0) is 16.6 Å². The van der Waals surface area contributed by atoms with Crippen LogP contribution in [0.2, 0.25) is 0 Å². The number of nitrogens with one attached hydrogen (secondary N) is 1. The van der Waals surface area contributed by atoms with Crippen LogP contribution in [-0.4, -0.2) is 18.7 Å². The summed E-state index contributed by atoms with van der Waals surface area (Å²) in [5.41, 5.74) is 1.32. The third-order valence-electron chi connectivity index (χ3n) is 3.01. The third kappa shape index (κ3) is 3.20. The smallest absolute Gasteiger partial charge is 0.245 e. The predicted molar refractivity (Wildman–Crippen MR) is 77.0 cm³/mol. The zero-order valence-electron chi connectivity index (χ0n) is 11.7. The third-order valence-corrected chi connectivity index (χ3v) is 5.40. The molecule has 9 heteroatoms. The molecule has 21 heavy (non-hydrogen) atoms. The number of aromatic nitrogens is 1. The van der Waals surface area contributed by atoms with Crippen molar-refractivity contribution in [3.05, 3.63) is 33.5 Å². The Labute approximate surface area is 130 Å². The number of aliphatic hydroxyl groups excluding tert-OH is 1. The molecule has 2 aromatic rings. The Balaban J connectivity index is 2.31. The normalized spacial score (nSPS) is 13.6. The average molecular weight is 379 g/mol. The Morgan fingerprint density at radius 1 is 1.48 bits per heavy atom. The lowest BCUT2D eigenvalue weighted by Gasteiger charge is -2.13. The molecule has 0 aromatic carbocycles. The van der Waals surface area contributed by atoms with Gasteiger partial charge >= 0.3 is 0 Å². The highest BCUT2D eigenvalue weighted by atomic mass is 79.9. The molecule has 7 nitrogen and oxygen atoms in total. The van der Waals surface area contributed by atoms with Gasteiger partial charge in [-0.25, -0.2) is 13.1 Å². The molecule has 1 unspecified atom stereocenters. The van der Waals surface area contributed by atoms with Crippen molar-refractivity contribution in [3.63, 3.8) is 0 Å². The van der Waals surface area contributed by atoms with Gasteiger partial charge < -0.3 is 14.0 Å². The van der Waals surface area contributed by atoms with Crippen LogP contribution in [0.4, 0.5) is 0 Å². The standard InChI is InChI=1S/C12H15BrN2O5S/c1-6-11(8(3)20-14-6)7(2)15-21(17,18)10-4-9(5-16)19-12(10)13/h4,7,15-16H,5H2,1-3H3. The quantitative estimate of drug-likeness (QED) is 0.825. The van der Waals surface area contributed by atoms with Gasteiger partial charge in [-0.1, -0.05) is 5.16 Å². The highest BCUT2D eigenvalue weighted by molar-refractivity contribution is 9.10. The van der Waals surface area contributed by atoms with Gasteiger partial charge in [-0.05, 0) is 36.7 Å². The molecular formula is C12H15BrN2O5S. The maximum atomic E-state index is 12.4. The lowest BCUT2D eigenvalue weighted by molar-refractivity contribution is 0.245. The van der Waals surface area contributed by atoms with Gasteiger partial charge in [0, 0.05) is 17.7 Å². The Morgan fingerprint density at radius 2 is 2.14 bits per heavy atom. The van der Waals surface area contributed by atoms with Gasteiger partial charge in [0.2, 0.25) is 10.0 Å². The summed E-state index contributed by atoms with van der Waals surface area (Å²) in [5, 5.41) is 12.8. The zero-order chi connectivity index (χ0) is 15.8. The van der Waals surface area contributed by atoms with E-state index in [0.717, 1.165) is 0 Å². The molecule has 2 aromatic heterocycles. The van der Waals surface area contributed by atoms with Gasteiger partial charge in [0.05, 0.1) is 5.69 Å². The molecule has 0 fully saturated rings. The number of aryl methyl sites for hydroxylation is 2. The molecule has 0 saturated heterocycles. The number of sulfonamides is 1. The first-order valence-corrected chi connectivity index (χ1v) is 8.38. The van der Waals surface area contributed by atoms with Crippen molar-refractivity contribution in [2.75, 3.05) is 0 Å². The van der Waals surface area contributed by atoms with E-state index >= 15 is 0 Å². The Bertz CT molecular complexity index is 730. The van der Waals surface area contributed by atoms with Gasteiger partial charge in [-0.15, -0.1) is 0 Å². The van der Waals surface area contributed by atoms with Gasteiger partial charge in [-0.2, -0.15) is 0 Å². The van der Waals surface area contributed by atoms with Gasteiger partial charge in [-0.3, -0.25) is 0 Å².